The van der Waals surface area contributed by atoms with Crippen LogP contribution in [0.1, 0.15) is 33.0 Å². The van der Waals surface area contributed by atoms with Crippen molar-refractivity contribution in [2.24, 2.45) is 0 Å². The van der Waals surface area contributed by atoms with Crippen LogP contribution in [0.15, 0.2) is 42.5 Å². The Morgan fingerprint density at radius 2 is 1.93 bits per heavy atom. The van der Waals surface area contributed by atoms with Crippen LogP contribution >= 0.6 is 0 Å². The first-order chi connectivity index (χ1) is 13.2. The monoisotopic (exact) mass is 390 g/mol. The van der Waals surface area contributed by atoms with Gasteiger partial charge in [0.2, 0.25) is 0 Å². The van der Waals surface area contributed by atoms with Gasteiger partial charge in [0.1, 0.15) is 5.75 Å². The molecule has 0 aliphatic heterocycles. The lowest BCUT2D eigenvalue weighted by molar-refractivity contribution is -0.255. The summed E-state index contributed by atoms with van der Waals surface area (Å²) >= 11 is 0. The van der Waals surface area contributed by atoms with Crippen LogP contribution in [0.25, 0.3) is 6.08 Å². The number of methoxy groups -OCH3 is 1. The Balaban J connectivity index is 1.84. The molecular formula is C20H15F3NO4-. The van der Waals surface area contributed by atoms with Crippen molar-refractivity contribution in [2.45, 2.75) is 18.5 Å². The number of carbonyl (C=O) groups excluding carboxylic acids is 2. The number of fused-ring (bicyclic) bond motifs is 1. The van der Waals surface area contributed by atoms with Crippen molar-refractivity contribution in [3.8, 4) is 5.75 Å². The highest BCUT2D eigenvalue weighted by Gasteiger charge is 2.38. The number of benzene rings is 2. The first-order valence-corrected chi connectivity index (χ1v) is 8.27. The van der Waals surface area contributed by atoms with Gasteiger partial charge in [-0.05, 0) is 41.3 Å². The van der Waals surface area contributed by atoms with E-state index >= 15 is 0 Å². The van der Waals surface area contributed by atoms with E-state index in [1.807, 2.05) is 17.5 Å². The van der Waals surface area contributed by atoms with Gasteiger partial charge in [0.15, 0.2) is 0 Å². The summed E-state index contributed by atoms with van der Waals surface area (Å²) in [5, 5.41) is 12.8. The predicted molar refractivity (Wildman–Crippen MR) is 93.9 cm³/mol. The molecule has 1 N–H and O–H groups in total. The minimum Gasteiger partial charge on any atom is -0.545 e. The van der Waals surface area contributed by atoms with Crippen LogP contribution in [0.3, 0.4) is 0 Å². The van der Waals surface area contributed by atoms with E-state index in [4.69, 9.17) is 4.74 Å². The lowest BCUT2D eigenvalue weighted by Crippen LogP contribution is -2.29. The third-order valence-electron chi connectivity index (χ3n) is 4.47. The van der Waals surface area contributed by atoms with Gasteiger partial charge in [-0.1, -0.05) is 30.4 Å². The summed E-state index contributed by atoms with van der Waals surface area (Å²) in [6.07, 6.45) is -0.787. The largest absolute Gasteiger partial charge is 0.545 e. The first kappa shape index (κ1) is 19.5. The number of alkyl halides is 3. The van der Waals surface area contributed by atoms with Gasteiger partial charge in [-0.15, -0.1) is 0 Å². The van der Waals surface area contributed by atoms with Crippen molar-refractivity contribution in [1.29, 1.82) is 0 Å². The van der Waals surface area contributed by atoms with Gasteiger partial charge < -0.3 is 20.0 Å². The zero-order valence-corrected chi connectivity index (χ0v) is 14.7. The number of allylic oxidation sites excluding steroid dienone is 1. The Morgan fingerprint density at radius 1 is 1.18 bits per heavy atom. The molecule has 2 aromatic rings. The number of carboxylic acid groups (broad SMARTS) is 1. The molecule has 8 heteroatoms. The molecule has 1 aliphatic carbocycles. The fourth-order valence-electron chi connectivity index (χ4n) is 3.11. The summed E-state index contributed by atoms with van der Waals surface area (Å²) in [6, 6.07) is 8.94. The SMILES string of the molecule is COc1cc(C(=O)[O-])ccc1CC1C=Cc2ccc(NC(=O)C(F)(F)F)cc21. The summed E-state index contributed by atoms with van der Waals surface area (Å²) in [6.45, 7) is 0. The van der Waals surface area contributed by atoms with Crippen molar-refractivity contribution in [3.63, 3.8) is 0 Å². The zero-order valence-electron chi connectivity index (χ0n) is 14.7. The van der Waals surface area contributed by atoms with E-state index in [9.17, 15) is 27.9 Å². The van der Waals surface area contributed by atoms with E-state index in [0.717, 1.165) is 16.7 Å². The number of anilines is 1. The number of hydrogen-bond acceptors (Lipinski definition) is 4. The smallest absolute Gasteiger partial charge is 0.471 e. The van der Waals surface area contributed by atoms with Crippen LogP contribution in [0, 0.1) is 0 Å². The number of carbonyl (C=O) groups is 2. The molecule has 0 heterocycles. The molecule has 0 fully saturated rings. The highest BCUT2D eigenvalue weighted by Crippen LogP contribution is 2.36. The maximum Gasteiger partial charge on any atom is 0.471 e. The molecule has 1 atom stereocenters. The van der Waals surface area contributed by atoms with Gasteiger partial charge >= 0.3 is 12.1 Å². The predicted octanol–water partition coefficient (Wildman–Crippen LogP) is 2.91. The number of ether oxygens (including phenoxy) is 1. The lowest BCUT2D eigenvalue weighted by Gasteiger charge is -2.16. The zero-order chi connectivity index (χ0) is 20.5. The standard InChI is InChI=1S/C20H16F3NO4/c1-28-17-9-14(18(25)26)5-4-13(17)8-12-3-2-11-6-7-15(10-16(11)12)24-19(27)20(21,22)23/h2-7,9-10,12H,8H2,1H3,(H,24,27)(H,25,26)/p-1. The normalized spacial score (nSPS) is 15.2. The lowest BCUT2D eigenvalue weighted by atomic mass is 9.92. The first-order valence-electron chi connectivity index (χ1n) is 8.27. The van der Waals surface area contributed by atoms with E-state index in [2.05, 4.69) is 0 Å². The van der Waals surface area contributed by atoms with Gasteiger partial charge in [0, 0.05) is 17.2 Å². The van der Waals surface area contributed by atoms with Crippen molar-refractivity contribution >= 4 is 23.6 Å². The van der Waals surface area contributed by atoms with E-state index in [0.29, 0.717) is 12.2 Å². The van der Waals surface area contributed by atoms with Crippen LogP contribution < -0.4 is 15.2 Å². The average molecular weight is 390 g/mol. The molecule has 0 saturated heterocycles. The Kier molecular flexibility index (Phi) is 5.13. The van der Waals surface area contributed by atoms with Gasteiger partial charge in [-0.25, -0.2) is 0 Å². The topological polar surface area (TPSA) is 78.5 Å². The number of halogens is 3. The van der Waals surface area contributed by atoms with Crippen LogP contribution in [0.4, 0.5) is 18.9 Å². The second-order valence-corrected chi connectivity index (χ2v) is 6.28. The number of rotatable bonds is 5. The fraction of sp³-hybridized carbons (Fsp3) is 0.200. The van der Waals surface area contributed by atoms with E-state index in [1.165, 1.54) is 31.4 Å². The number of carboxylic acids is 1. The number of nitrogens with one attached hydrogen (secondary N) is 1. The molecule has 1 unspecified atom stereocenters. The minimum absolute atomic E-state index is 0.0138. The second kappa shape index (κ2) is 7.38. The van der Waals surface area contributed by atoms with Crippen molar-refractivity contribution < 1.29 is 32.6 Å². The summed E-state index contributed by atoms with van der Waals surface area (Å²) in [5.41, 5.74) is 2.36. The molecule has 1 aliphatic rings. The van der Waals surface area contributed by atoms with Gasteiger partial charge in [-0.3, -0.25) is 4.79 Å². The highest BCUT2D eigenvalue weighted by atomic mass is 19.4. The molecule has 3 rings (SSSR count). The second-order valence-electron chi connectivity index (χ2n) is 6.28. The van der Waals surface area contributed by atoms with Crippen LogP contribution in [0.2, 0.25) is 0 Å². The molecule has 1 amide bonds. The Bertz CT molecular complexity index is 966. The number of amides is 1. The average Bonchev–Trinajstić information content (AvgIpc) is 3.03. The Labute approximate surface area is 158 Å². The molecule has 0 saturated carbocycles. The van der Waals surface area contributed by atoms with Crippen LogP contribution in [-0.2, 0) is 11.2 Å². The maximum atomic E-state index is 12.5. The summed E-state index contributed by atoms with van der Waals surface area (Å²) < 4.78 is 42.6. The molecule has 146 valence electrons. The molecular weight excluding hydrogens is 375 g/mol. The third kappa shape index (κ3) is 4.00. The van der Waals surface area contributed by atoms with Gasteiger partial charge in [-0.2, -0.15) is 13.2 Å². The van der Waals surface area contributed by atoms with Crippen LogP contribution in [0.5, 0.6) is 5.75 Å². The van der Waals surface area contributed by atoms with E-state index < -0.39 is 18.1 Å². The minimum atomic E-state index is -4.97. The molecule has 0 aromatic heterocycles. The van der Waals surface area contributed by atoms with Gasteiger partial charge in [0.25, 0.3) is 0 Å². The summed E-state index contributed by atoms with van der Waals surface area (Å²) in [5.74, 6) is -3.14. The molecule has 0 spiro atoms. The quantitative estimate of drug-likeness (QED) is 0.852. The van der Waals surface area contributed by atoms with Gasteiger partial charge in [0.05, 0.1) is 13.1 Å². The van der Waals surface area contributed by atoms with Crippen LogP contribution in [-0.4, -0.2) is 25.2 Å². The molecule has 28 heavy (non-hydrogen) atoms. The number of aromatic carboxylic acids is 1. The fourth-order valence-corrected chi connectivity index (χ4v) is 3.11. The summed E-state index contributed by atoms with van der Waals surface area (Å²) in [4.78, 5) is 22.1. The Morgan fingerprint density at radius 3 is 2.57 bits per heavy atom. The maximum absolute atomic E-state index is 12.5. The molecule has 0 radical (unpaired) electrons. The molecule has 2 aromatic carbocycles. The van der Waals surface area contributed by atoms with Crippen molar-refractivity contribution in [3.05, 3.63) is 64.7 Å². The molecule has 0 bridgehead atoms. The summed E-state index contributed by atoms with van der Waals surface area (Å²) in [7, 11) is 1.42. The van der Waals surface area contributed by atoms with E-state index in [-0.39, 0.29) is 17.2 Å². The highest BCUT2D eigenvalue weighted by molar-refractivity contribution is 5.95. The molecule has 5 nitrogen and oxygen atoms in total. The third-order valence-corrected chi connectivity index (χ3v) is 4.47. The van der Waals surface area contributed by atoms with E-state index in [1.54, 1.807) is 12.1 Å². The van der Waals surface area contributed by atoms with Crippen molar-refractivity contribution in [1.82, 2.24) is 0 Å². The number of hydrogen-bond donors (Lipinski definition) is 1. The van der Waals surface area contributed by atoms with Crippen molar-refractivity contribution in [2.75, 3.05) is 12.4 Å². The Hall–Kier alpha value is -3.29.